The van der Waals surface area contributed by atoms with Crippen molar-refractivity contribution in [1.29, 1.82) is 0 Å². The topological polar surface area (TPSA) is 64.9 Å². The van der Waals surface area contributed by atoms with E-state index in [2.05, 4.69) is 20.8 Å². The summed E-state index contributed by atoms with van der Waals surface area (Å²) < 4.78 is 33.5. The largest absolute Gasteiger partial charge is 0.383 e. The standard InChI is InChI=1S/C12H15F2N5O/c1-8(15-6-7-20-2)12-16-17-18-19(12)11-9(13)4-3-5-10(11)14/h3-5,8,15H,6-7H2,1-2H3. The molecule has 0 aliphatic carbocycles. The van der Waals surface area contributed by atoms with Gasteiger partial charge in [0.1, 0.15) is 5.69 Å². The third-order valence-electron chi connectivity index (χ3n) is 2.79. The Balaban J connectivity index is 2.28. The molecular formula is C12H15F2N5O. The quantitative estimate of drug-likeness (QED) is 0.808. The van der Waals surface area contributed by atoms with Gasteiger partial charge in [0.25, 0.3) is 0 Å². The number of hydrogen-bond acceptors (Lipinski definition) is 5. The Hall–Kier alpha value is -1.93. The van der Waals surface area contributed by atoms with Crippen LogP contribution in [-0.4, -0.2) is 40.5 Å². The second kappa shape index (κ2) is 6.49. The minimum Gasteiger partial charge on any atom is -0.383 e. The van der Waals surface area contributed by atoms with Gasteiger partial charge in [0.15, 0.2) is 17.5 Å². The lowest BCUT2D eigenvalue weighted by molar-refractivity contribution is 0.196. The van der Waals surface area contributed by atoms with E-state index in [9.17, 15) is 8.78 Å². The zero-order valence-corrected chi connectivity index (χ0v) is 11.2. The summed E-state index contributed by atoms with van der Waals surface area (Å²) in [5.74, 6) is -1.12. The highest BCUT2D eigenvalue weighted by molar-refractivity contribution is 5.34. The molecule has 6 nitrogen and oxygen atoms in total. The van der Waals surface area contributed by atoms with Crippen molar-refractivity contribution in [2.75, 3.05) is 20.3 Å². The van der Waals surface area contributed by atoms with Gasteiger partial charge in [0.2, 0.25) is 0 Å². The molecule has 1 heterocycles. The summed E-state index contributed by atoms with van der Waals surface area (Å²) in [7, 11) is 1.59. The van der Waals surface area contributed by atoms with Crippen LogP contribution in [0, 0.1) is 11.6 Å². The lowest BCUT2D eigenvalue weighted by Gasteiger charge is -2.13. The number of nitrogens with one attached hydrogen (secondary N) is 1. The summed E-state index contributed by atoms with van der Waals surface area (Å²) in [4.78, 5) is 0. The van der Waals surface area contributed by atoms with E-state index in [-0.39, 0.29) is 11.7 Å². The van der Waals surface area contributed by atoms with Crippen LogP contribution in [0.2, 0.25) is 0 Å². The number of benzene rings is 1. The van der Waals surface area contributed by atoms with Crippen LogP contribution in [0.15, 0.2) is 18.2 Å². The first-order valence-electron chi connectivity index (χ1n) is 6.10. The van der Waals surface area contributed by atoms with Crippen molar-refractivity contribution < 1.29 is 13.5 Å². The summed E-state index contributed by atoms with van der Waals surface area (Å²) >= 11 is 0. The summed E-state index contributed by atoms with van der Waals surface area (Å²) in [5, 5.41) is 14.1. The van der Waals surface area contributed by atoms with Crippen molar-refractivity contribution in [3.05, 3.63) is 35.7 Å². The SMILES string of the molecule is COCCNC(C)c1nnnn1-c1c(F)cccc1F. The Labute approximate surface area is 114 Å². The molecule has 108 valence electrons. The van der Waals surface area contributed by atoms with E-state index >= 15 is 0 Å². The van der Waals surface area contributed by atoms with E-state index in [4.69, 9.17) is 4.74 Å². The molecule has 1 atom stereocenters. The van der Waals surface area contributed by atoms with Crippen LogP contribution in [0.25, 0.3) is 5.69 Å². The highest BCUT2D eigenvalue weighted by atomic mass is 19.1. The molecule has 2 rings (SSSR count). The number of tetrazole rings is 1. The molecule has 1 unspecified atom stereocenters. The first-order chi connectivity index (χ1) is 9.65. The fourth-order valence-electron chi connectivity index (χ4n) is 1.78. The normalized spacial score (nSPS) is 12.6. The second-order valence-electron chi connectivity index (χ2n) is 4.19. The zero-order valence-electron chi connectivity index (χ0n) is 11.2. The van der Waals surface area contributed by atoms with E-state index < -0.39 is 11.6 Å². The van der Waals surface area contributed by atoms with Gasteiger partial charge >= 0.3 is 0 Å². The molecule has 0 spiro atoms. The van der Waals surface area contributed by atoms with Crippen molar-refractivity contribution in [1.82, 2.24) is 25.5 Å². The van der Waals surface area contributed by atoms with E-state index in [1.165, 1.54) is 6.07 Å². The molecule has 0 bridgehead atoms. The molecule has 0 aliphatic heterocycles. The van der Waals surface area contributed by atoms with Crippen LogP contribution in [0.4, 0.5) is 8.78 Å². The fourth-order valence-corrected chi connectivity index (χ4v) is 1.78. The third kappa shape index (κ3) is 2.97. The highest BCUT2D eigenvalue weighted by Gasteiger charge is 2.20. The molecule has 0 aliphatic rings. The van der Waals surface area contributed by atoms with E-state index in [0.29, 0.717) is 19.0 Å². The van der Waals surface area contributed by atoms with Gasteiger partial charge in [-0.25, -0.2) is 8.78 Å². The Morgan fingerprint density at radius 1 is 1.35 bits per heavy atom. The van der Waals surface area contributed by atoms with Crippen LogP contribution in [0.1, 0.15) is 18.8 Å². The molecule has 1 N–H and O–H groups in total. The number of para-hydroxylation sites is 1. The van der Waals surface area contributed by atoms with Gasteiger partial charge in [-0.3, -0.25) is 0 Å². The Morgan fingerprint density at radius 2 is 2.05 bits per heavy atom. The molecule has 0 radical (unpaired) electrons. The maximum atomic E-state index is 13.8. The van der Waals surface area contributed by atoms with Gasteiger partial charge in [0.05, 0.1) is 12.6 Å². The number of rotatable bonds is 6. The number of halogens is 2. The predicted molar refractivity (Wildman–Crippen MR) is 67.4 cm³/mol. The van der Waals surface area contributed by atoms with E-state index in [1.54, 1.807) is 14.0 Å². The number of aromatic nitrogens is 4. The second-order valence-corrected chi connectivity index (χ2v) is 4.19. The Morgan fingerprint density at radius 3 is 2.70 bits per heavy atom. The Bertz CT molecular complexity index is 554. The number of ether oxygens (including phenoxy) is 1. The van der Waals surface area contributed by atoms with Crippen LogP contribution < -0.4 is 5.32 Å². The Kier molecular flexibility index (Phi) is 4.70. The van der Waals surface area contributed by atoms with Crippen molar-refractivity contribution in [3.8, 4) is 5.69 Å². The summed E-state index contributed by atoms with van der Waals surface area (Å²) in [6, 6.07) is 3.33. The zero-order chi connectivity index (χ0) is 14.5. The molecular weight excluding hydrogens is 268 g/mol. The van der Waals surface area contributed by atoms with E-state index in [0.717, 1.165) is 16.8 Å². The van der Waals surface area contributed by atoms with Gasteiger partial charge in [0, 0.05) is 13.7 Å². The van der Waals surface area contributed by atoms with Crippen molar-refractivity contribution >= 4 is 0 Å². The number of hydrogen-bond donors (Lipinski definition) is 1. The molecule has 0 saturated heterocycles. The van der Waals surface area contributed by atoms with Gasteiger partial charge in [-0.05, 0) is 29.5 Å². The van der Waals surface area contributed by atoms with Crippen molar-refractivity contribution in [2.45, 2.75) is 13.0 Å². The predicted octanol–water partition coefficient (Wildman–Crippen LogP) is 1.24. The molecule has 8 heteroatoms. The third-order valence-corrected chi connectivity index (χ3v) is 2.79. The monoisotopic (exact) mass is 283 g/mol. The minimum atomic E-state index is -0.720. The van der Waals surface area contributed by atoms with Crippen LogP contribution in [0.3, 0.4) is 0 Å². The maximum Gasteiger partial charge on any atom is 0.173 e. The first-order valence-corrected chi connectivity index (χ1v) is 6.10. The average Bonchev–Trinajstić information content (AvgIpc) is 2.88. The molecule has 1 aromatic carbocycles. The van der Waals surface area contributed by atoms with Gasteiger partial charge in [-0.1, -0.05) is 6.07 Å². The lowest BCUT2D eigenvalue weighted by atomic mass is 10.2. The highest BCUT2D eigenvalue weighted by Crippen LogP contribution is 2.19. The molecule has 0 fully saturated rings. The molecule has 1 aromatic heterocycles. The average molecular weight is 283 g/mol. The van der Waals surface area contributed by atoms with Gasteiger partial charge in [-0.15, -0.1) is 5.10 Å². The van der Waals surface area contributed by atoms with Gasteiger partial charge < -0.3 is 10.1 Å². The van der Waals surface area contributed by atoms with Crippen LogP contribution in [-0.2, 0) is 4.74 Å². The van der Waals surface area contributed by atoms with Gasteiger partial charge in [-0.2, -0.15) is 4.68 Å². The summed E-state index contributed by atoms with van der Waals surface area (Å²) in [5.41, 5.74) is -0.284. The summed E-state index contributed by atoms with van der Waals surface area (Å²) in [6.07, 6.45) is 0. The van der Waals surface area contributed by atoms with Crippen LogP contribution in [0.5, 0.6) is 0 Å². The maximum absolute atomic E-state index is 13.8. The van der Waals surface area contributed by atoms with Crippen molar-refractivity contribution in [2.24, 2.45) is 0 Å². The summed E-state index contributed by atoms with van der Waals surface area (Å²) in [6.45, 7) is 2.89. The van der Waals surface area contributed by atoms with Crippen LogP contribution >= 0.6 is 0 Å². The smallest absolute Gasteiger partial charge is 0.173 e. The van der Waals surface area contributed by atoms with Crippen molar-refractivity contribution in [3.63, 3.8) is 0 Å². The molecule has 0 amide bonds. The number of nitrogens with zero attached hydrogens (tertiary/aromatic N) is 4. The first kappa shape index (κ1) is 14.5. The molecule has 2 aromatic rings. The minimum absolute atomic E-state index is 0.279. The lowest BCUT2D eigenvalue weighted by Crippen LogP contribution is -2.25. The van der Waals surface area contributed by atoms with E-state index in [1.807, 2.05) is 0 Å². The number of methoxy groups -OCH3 is 1. The fraction of sp³-hybridized carbons (Fsp3) is 0.417. The molecule has 20 heavy (non-hydrogen) atoms. The molecule has 0 saturated carbocycles.